The first-order valence-electron chi connectivity index (χ1n) is 6.47. The number of halogens is 1. The Morgan fingerprint density at radius 1 is 0.958 bits per heavy atom. The first-order valence-corrected chi connectivity index (χ1v) is 8.67. The van der Waals surface area contributed by atoms with E-state index in [2.05, 4.69) is 25.9 Å². The van der Waals surface area contributed by atoms with Gasteiger partial charge >= 0.3 is 10.1 Å². The van der Waals surface area contributed by atoms with Crippen molar-refractivity contribution >= 4 is 42.8 Å². The number of aromatic nitrogens is 2. The molecule has 3 rings (SSSR count). The minimum atomic E-state index is -4.15. The van der Waals surface area contributed by atoms with Crippen LogP contribution in [0.25, 0.3) is 11.0 Å². The van der Waals surface area contributed by atoms with Gasteiger partial charge in [-0.3, -0.25) is 10.1 Å². The molecule has 0 aliphatic rings. The Balaban J connectivity index is 1.91. The third-order valence-electron chi connectivity index (χ3n) is 3.01. The summed E-state index contributed by atoms with van der Waals surface area (Å²) in [6.07, 6.45) is 0. The average Bonchev–Trinajstić information content (AvgIpc) is 2.55. The van der Waals surface area contributed by atoms with Gasteiger partial charge in [-0.15, -0.1) is 0 Å². The van der Waals surface area contributed by atoms with Crippen molar-refractivity contribution in [3.05, 3.63) is 63.2 Å². The van der Waals surface area contributed by atoms with Crippen molar-refractivity contribution in [2.24, 2.45) is 0 Å². The molecule has 0 amide bonds. The van der Waals surface area contributed by atoms with Crippen LogP contribution in [0.4, 0.5) is 5.69 Å². The number of nitrogens with zero attached hydrogens (tertiary/aromatic N) is 3. The molecule has 0 aliphatic heterocycles. The van der Waals surface area contributed by atoms with Gasteiger partial charge in [-0.05, 0) is 46.3 Å². The van der Waals surface area contributed by atoms with E-state index in [-0.39, 0.29) is 16.5 Å². The van der Waals surface area contributed by atoms with Crippen LogP contribution >= 0.6 is 15.9 Å². The fourth-order valence-electron chi connectivity index (χ4n) is 1.91. The van der Waals surface area contributed by atoms with Crippen LogP contribution in [0.2, 0.25) is 0 Å². The predicted octanol–water partition coefficient (Wildman–Crippen LogP) is 3.07. The Hall–Kier alpha value is -2.59. The maximum Gasteiger partial charge on any atom is 0.340 e. The Labute approximate surface area is 144 Å². The van der Waals surface area contributed by atoms with E-state index in [0.717, 1.165) is 24.3 Å². The van der Waals surface area contributed by atoms with Gasteiger partial charge in [-0.25, -0.2) is 9.97 Å². The fraction of sp³-hybridized carbons (Fsp3) is 0. The van der Waals surface area contributed by atoms with E-state index >= 15 is 0 Å². The van der Waals surface area contributed by atoms with Crippen molar-refractivity contribution in [2.45, 2.75) is 4.90 Å². The highest BCUT2D eigenvalue weighted by Gasteiger charge is 2.19. The lowest BCUT2D eigenvalue weighted by Crippen LogP contribution is -2.10. The lowest BCUT2D eigenvalue weighted by molar-refractivity contribution is -0.384. The number of fused-ring (bicyclic) bond motifs is 1. The molecule has 3 aromatic rings. The van der Waals surface area contributed by atoms with Crippen LogP contribution in [-0.4, -0.2) is 23.3 Å². The predicted molar refractivity (Wildman–Crippen MR) is 88.1 cm³/mol. The summed E-state index contributed by atoms with van der Waals surface area (Å²) < 4.78 is 30.0. The second-order valence-electron chi connectivity index (χ2n) is 4.61. The van der Waals surface area contributed by atoms with Gasteiger partial charge in [0.2, 0.25) is 5.88 Å². The Morgan fingerprint density at radius 3 is 2.25 bits per heavy atom. The number of nitro benzene ring substituents is 1. The molecule has 122 valence electrons. The van der Waals surface area contributed by atoms with E-state index in [0.29, 0.717) is 15.6 Å². The maximum absolute atomic E-state index is 12.2. The number of hydrogen-bond donors (Lipinski definition) is 0. The minimum Gasteiger partial charge on any atom is -0.358 e. The number of rotatable bonds is 4. The average molecular weight is 410 g/mol. The molecule has 2 heterocycles. The summed E-state index contributed by atoms with van der Waals surface area (Å²) >= 11 is 3.23. The van der Waals surface area contributed by atoms with Crippen LogP contribution in [0, 0.1) is 10.1 Å². The molecule has 0 saturated heterocycles. The van der Waals surface area contributed by atoms with Gasteiger partial charge in [-0.1, -0.05) is 0 Å². The monoisotopic (exact) mass is 409 g/mol. The van der Waals surface area contributed by atoms with Crippen LogP contribution in [0.1, 0.15) is 0 Å². The van der Waals surface area contributed by atoms with E-state index in [9.17, 15) is 18.5 Å². The summed E-state index contributed by atoms with van der Waals surface area (Å²) in [6, 6.07) is 10.7. The molecule has 0 fully saturated rings. The SMILES string of the molecule is O=[N+]([O-])c1ccc(S(=O)(=O)Oc2ccc3nc(Br)ccc3n2)cc1. The Bertz CT molecular complexity index is 1040. The molecule has 0 unspecified atom stereocenters. The molecule has 0 radical (unpaired) electrons. The molecule has 0 N–H and O–H groups in total. The molecule has 1 aromatic carbocycles. The summed E-state index contributed by atoms with van der Waals surface area (Å²) in [7, 11) is -4.15. The summed E-state index contributed by atoms with van der Waals surface area (Å²) in [6.45, 7) is 0. The quantitative estimate of drug-likeness (QED) is 0.281. The number of benzene rings is 1. The number of pyridine rings is 2. The van der Waals surface area contributed by atoms with Crippen molar-refractivity contribution in [1.82, 2.24) is 9.97 Å². The van der Waals surface area contributed by atoms with Gasteiger partial charge in [0.15, 0.2) is 0 Å². The second kappa shape index (κ2) is 6.13. The standard InChI is InChI=1S/C14H8BrN3O5S/c15-13-7-5-12-11(16-13)6-8-14(17-12)23-24(21,22)10-3-1-9(2-4-10)18(19)20/h1-8H. The molecule has 0 saturated carbocycles. The molecule has 0 aliphatic carbocycles. The smallest absolute Gasteiger partial charge is 0.340 e. The Kier molecular flexibility index (Phi) is 4.16. The van der Waals surface area contributed by atoms with Crippen LogP contribution in [-0.2, 0) is 10.1 Å². The van der Waals surface area contributed by atoms with Crippen molar-refractivity contribution < 1.29 is 17.5 Å². The third kappa shape index (κ3) is 3.34. The van der Waals surface area contributed by atoms with Crippen LogP contribution in [0.3, 0.4) is 0 Å². The minimum absolute atomic E-state index is 0.120. The molecule has 8 nitrogen and oxygen atoms in total. The van der Waals surface area contributed by atoms with Gasteiger partial charge in [0.05, 0.1) is 16.0 Å². The highest BCUT2D eigenvalue weighted by molar-refractivity contribution is 9.10. The molecule has 0 spiro atoms. The van der Waals surface area contributed by atoms with E-state index in [1.165, 1.54) is 6.07 Å². The van der Waals surface area contributed by atoms with Crippen LogP contribution < -0.4 is 4.18 Å². The van der Waals surface area contributed by atoms with Crippen LogP contribution in [0.5, 0.6) is 5.88 Å². The molecular weight excluding hydrogens is 402 g/mol. The van der Waals surface area contributed by atoms with E-state index in [1.807, 2.05) is 0 Å². The zero-order valence-electron chi connectivity index (χ0n) is 11.8. The summed E-state index contributed by atoms with van der Waals surface area (Å²) in [4.78, 5) is 18.0. The summed E-state index contributed by atoms with van der Waals surface area (Å²) in [5, 5.41) is 10.6. The van der Waals surface area contributed by atoms with Gasteiger partial charge < -0.3 is 4.18 Å². The van der Waals surface area contributed by atoms with Crippen molar-refractivity contribution in [3.8, 4) is 5.88 Å². The highest BCUT2D eigenvalue weighted by atomic mass is 79.9. The van der Waals surface area contributed by atoms with Crippen molar-refractivity contribution in [2.75, 3.05) is 0 Å². The molecular formula is C14H8BrN3O5S. The van der Waals surface area contributed by atoms with E-state index < -0.39 is 15.0 Å². The van der Waals surface area contributed by atoms with E-state index in [1.54, 1.807) is 18.2 Å². The largest absolute Gasteiger partial charge is 0.358 e. The van der Waals surface area contributed by atoms with Crippen molar-refractivity contribution in [3.63, 3.8) is 0 Å². The maximum atomic E-state index is 12.2. The highest BCUT2D eigenvalue weighted by Crippen LogP contribution is 2.22. The first kappa shape index (κ1) is 16.3. The molecule has 10 heteroatoms. The lowest BCUT2D eigenvalue weighted by Gasteiger charge is -2.07. The van der Waals surface area contributed by atoms with Gasteiger partial charge in [0, 0.05) is 18.2 Å². The summed E-state index contributed by atoms with van der Waals surface area (Å²) in [5.74, 6) is -0.120. The number of hydrogen-bond acceptors (Lipinski definition) is 7. The van der Waals surface area contributed by atoms with Gasteiger partial charge in [0.25, 0.3) is 5.69 Å². The molecule has 0 atom stereocenters. The lowest BCUT2D eigenvalue weighted by atomic mass is 10.3. The summed E-state index contributed by atoms with van der Waals surface area (Å²) in [5.41, 5.74) is 0.827. The van der Waals surface area contributed by atoms with Crippen molar-refractivity contribution in [1.29, 1.82) is 0 Å². The normalized spacial score (nSPS) is 11.4. The van der Waals surface area contributed by atoms with Gasteiger partial charge in [-0.2, -0.15) is 8.42 Å². The first-order chi connectivity index (χ1) is 11.3. The second-order valence-corrected chi connectivity index (χ2v) is 6.97. The molecule has 24 heavy (non-hydrogen) atoms. The topological polar surface area (TPSA) is 112 Å². The molecule has 2 aromatic heterocycles. The number of nitro groups is 1. The molecule has 0 bridgehead atoms. The zero-order chi connectivity index (χ0) is 17.3. The van der Waals surface area contributed by atoms with Crippen LogP contribution in [0.15, 0.2) is 58.0 Å². The van der Waals surface area contributed by atoms with E-state index in [4.69, 9.17) is 4.18 Å². The zero-order valence-corrected chi connectivity index (χ0v) is 14.2. The Morgan fingerprint density at radius 2 is 1.58 bits per heavy atom. The fourth-order valence-corrected chi connectivity index (χ4v) is 3.11. The third-order valence-corrected chi connectivity index (χ3v) is 4.70. The number of non-ortho nitro benzene ring substituents is 1. The van der Waals surface area contributed by atoms with Gasteiger partial charge in [0.1, 0.15) is 9.50 Å².